The first-order valence-corrected chi connectivity index (χ1v) is 9.23. The molecule has 0 aliphatic carbocycles. The number of amides is 1. The fourth-order valence-electron chi connectivity index (χ4n) is 3.40. The van der Waals surface area contributed by atoms with E-state index >= 15 is 0 Å². The summed E-state index contributed by atoms with van der Waals surface area (Å²) in [6.45, 7) is 4.22. The first-order valence-electron chi connectivity index (χ1n) is 9.23. The van der Waals surface area contributed by atoms with Gasteiger partial charge in [0.05, 0.1) is 6.04 Å². The third-order valence-corrected chi connectivity index (χ3v) is 5.02. The summed E-state index contributed by atoms with van der Waals surface area (Å²) in [7, 11) is 0. The number of carbonyl (C=O) groups is 1. The van der Waals surface area contributed by atoms with Crippen molar-refractivity contribution in [3.05, 3.63) is 54.4 Å². The van der Waals surface area contributed by atoms with Crippen LogP contribution >= 0.6 is 0 Å². The normalized spacial score (nSPS) is 16.4. The molecule has 0 radical (unpaired) electrons. The molecular formula is C21H27N3O. The van der Waals surface area contributed by atoms with E-state index in [2.05, 4.69) is 39.9 Å². The molecular weight excluding hydrogens is 310 g/mol. The number of pyridine rings is 1. The highest BCUT2D eigenvalue weighted by Gasteiger charge is 2.15. The molecule has 0 saturated carbocycles. The molecule has 1 amide bonds. The monoisotopic (exact) mass is 337 g/mol. The van der Waals surface area contributed by atoms with Gasteiger partial charge in [0.15, 0.2) is 0 Å². The molecule has 2 aromatic rings. The topological polar surface area (TPSA) is 54.0 Å². The van der Waals surface area contributed by atoms with Gasteiger partial charge in [0, 0.05) is 18.8 Å². The number of nitrogens with one attached hydrogen (secondary N) is 2. The van der Waals surface area contributed by atoms with Crippen molar-refractivity contribution in [3.63, 3.8) is 0 Å². The molecule has 1 aliphatic heterocycles. The van der Waals surface area contributed by atoms with E-state index in [1.807, 2.05) is 25.3 Å². The Kier molecular flexibility index (Phi) is 6.18. The smallest absolute Gasteiger partial charge is 0.220 e. The molecule has 1 aromatic heterocycles. The lowest BCUT2D eigenvalue weighted by Crippen LogP contribution is -2.30. The Morgan fingerprint density at radius 2 is 1.96 bits per heavy atom. The van der Waals surface area contributed by atoms with Crippen LogP contribution < -0.4 is 10.6 Å². The minimum absolute atomic E-state index is 0.0310. The molecule has 4 nitrogen and oxygen atoms in total. The maximum atomic E-state index is 12.2. The van der Waals surface area contributed by atoms with Gasteiger partial charge in [-0.3, -0.25) is 9.78 Å². The van der Waals surface area contributed by atoms with E-state index in [-0.39, 0.29) is 11.9 Å². The van der Waals surface area contributed by atoms with E-state index in [0.717, 1.165) is 36.2 Å². The van der Waals surface area contributed by atoms with Gasteiger partial charge in [-0.05, 0) is 68.0 Å². The van der Waals surface area contributed by atoms with Gasteiger partial charge in [-0.15, -0.1) is 0 Å². The summed E-state index contributed by atoms with van der Waals surface area (Å²) < 4.78 is 0. The van der Waals surface area contributed by atoms with Crippen molar-refractivity contribution in [2.45, 2.75) is 38.6 Å². The lowest BCUT2D eigenvalue weighted by Gasteiger charge is -2.22. The molecule has 1 unspecified atom stereocenters. The second-order valence-electron chi connectivity index (χ2n) is 6.88. The minimum atomic E-state index is 0.0310. The molecule has 132 valence electrons. The fraction of sp³-hybridized carbons (Fsp3) is 0.429. The van der Waals surface area contributed by atoms with Gasteiger partial charge >= 0.3 is 0 Å². The van der Waals surface area contributed by atoms with Crippen LogP contribution in [0.15, 0.2) is 48.8 Å². The van der Waals surface area contributed by atoms with Gasteiger partial charge in [0.2, 0.25) is 5.91 Å². The van der Waals surface area contributed by atoms with Crippen molar-refractivity contribution in [2.75, 3.05) is 13.1 Å². The highest BCUT2D eigenvalue weighted by Crippen LogP contribution is 2.22. The number of hydrogen-bond acceptors (Lipinski definition) is 3. The predicted octanol–water partition coefficient (Wildman–Crippen LogP) is 3.71. The Hall–Kier alpha value is -2.20. The summed E-state index contributed by atoms with van der Waals surface area (Å²) in [5.41, 5.74) is 3.37. The van der Waals surface area contributed by atoms with Crippen LogP contribution in [0, 0.1) is 5.92 Å². The van der Waals surface area contributed by atoms with Crippen LogP contribution in [-0.2, 0) is 4.79 Å². The third kappa shape index (κ3) is 5.13. The number of benzene rings is 1. The van der Waals surface area contributed by atoms with Crippen LogP contribution in [0.25, 0.3) is 11.1 Å². The second-order valence-corrected chi connectivity index (χ2v) is 6.88. The zero-order valence-electron chi connectivity index (χ0n) is 14.9. The zero-order valence-corrected chi connectivity index (χ0v) is 14.9. The number of piperidine rings is 1. The molecule has 2 heterocycles. The van der Waals surface area contributed by atoms with Crippen molar-refractivity contribution in [1.29, 1.82) is 0 Å². The van der Waals surface area contributed by atoms with Gasteiger partial charge in [0.25, 0.3) is 0 Å². The van der Waals surface area contributed by atoms with Gasteiger partial charge in [-0.2, -0.15) is 0 Å². The Labute approximate surface area is 150 Å². The van der Waals surface area contributed by atoms with Crippen LogP contribution in [-0.4, -0.2) is 24.0 Å². The average molecular weight is 337 g/mol. The second kappa shape index (κ2) is 8.77. The summed E-state index contributed by atoms with van der Waals surface area (Å²) in [5, 5.41) is 6.50. The van der Waals surface area contributed by atoms with Crippen LogP contribution in [0.3, 0.4) is 0 Å². The van der Waals surface area contributed by atoms with Crippen LogP contribution in [0.4, 0.5) is 0 Å². The summed E-state index contributed by atoms with van der Waals surface area (Å²) >= 11 is 0. The Morgan fingerprint density at radius 3 is 2.64 bits per heavy atom. The SMILES string of the molecule is CC(NC(=O)CCC1CCNCC1)c1ccc(-c2cccnc2)cc1. The molecule has 1 saturated heterocycles. The van der Waals surface area contributed by atoms with Gasteiger partial charge in [-0.25, -0.2) is 0 Å². The standard InChI is InChI=1S/C21H27N3O/c1-16(24-21(25)9-4-17-10-13-22-14-11-17)18-5-7-19(8-6-18)20-3-2-12-23-15-20/h2-3,5-8,12,15-17,22H,4,9-11,13-14H2,1H3,(H,24,25). The van der Waals surface area contributed by atoms with E-state index in [0.29, 0.717) is 12.3 Å². The minimum Gasteiger partial charge on any atom is -0.350 e. The number of carbonyl (C=O) groups excluding carboxylic acids is 1. The van der Waals surface area contributed by atoms with E-state index < -0.39 is 0 Å². The van der Waals surface area contributed by atoms with Crippen molar-refractivity contribution in [1.82, 2.24) is 15.6 Å². The maximum Gasteiger partial charge on any atom is 0.220 e. The van der Waals surface area contributed by atoms with E-state index in [1.165, 1.54) is 12.8 Å². The van der Waals surface area contributed by atoms with Crippen LogP contribution in [0.1, 0.15) is 44.2 Å². The highest BCUT2D eigenvalue weighted by molar-refractivity contribution is 5.76. The summed E-state index contributed by atoms with van der Waals surface area (Å²) in [6.07, 6.45) is 7.65. The number of nitrogens with zero attached hydrogens (tertiary/aromatic N) is 1. The van der Waals surface area contributed by atoms with Gasteiger partial charge in [0.1, 0.15) is 0 Å². The first-order chi connectivity index (χ1) is 12.2. The first kappa shape index (κ1) is 17.6. The molecule has 4 heteroatoms. The molecule has 1 aliphatic rings. The molecule has 25 heavy (non-hydrogen) atoms. The average Bonchev–Trinajstić information content (AvgIpc) is 2.68. The zero-order chi connectivity index (χ0) is 17.5. The molecule has 0 bridgehead atoms. The number of rotatable bonds is 6. The summed E-state index contributed by atoms with van der Waals surface area (Å²) in [4.78, 5) is 16.4. The number of aromatic nitrogens is 1. The Bertz CT molecular complexity index is 663. The van der Waals surface area contributed by atoms with Crippen LogP contribution in [0.2, 0.25) is 0 Å². The third-order valence-electron chi connectivity index (χ3n) is 5.02. The molecule has 2 N–H and O–H groups in total. The lowest BCUT2D eigenvalue weighted by atomic mass is 9.93. The fourth-order valence-corrected chi connectivity index (χ4v) is 3.40. The molecule has 1 fully saturated rings. The molecule has 3 rings (SSSR count). The maximum absolute atomic E-state index is 12.2. The van der Waals surface area contributed by atoms with Crippen molar-refractivity contribution in [2.24, 2.45) is 5.92 Å². The highest BCUT2D eigenvalue weighted by atomic mass is 16.1. The molecule has 0 spiro atoms. The molecule has 1 aromatic carbocycles. The Morgan fingerprint density at radius 1 is 1.20 bits per heavy atom. The van der Waals surface area contributed by atoms with Crippen molar-refractivity contribution < 1.29 is 4.79 Å². The number of hydrogen-bond donors (Lipinski definition) is 2. The summed E-state index contributed by atoms with van der Waals surface area (Å²) in [6, 6.07) is 12.4. The quantitative estimate of drug-likeness (QED) is 0.845. The van der Waals surface area contributed by atoms with E-state index in [1.54, 1.807) is 6.20 Å². The predicted molar refractivity (Wildman–Crippen MR) is 101 cm³/mol. The van der Waals surface area contributed by atoms with Crippen molar-refractivity contribution >= 4 is 5.91 Å². The van der Waals surface area contributed by atoms with Gasteiger partial charge in [-0.1, -0.05) is 30.3 Å². The van der Waals surface area contributed by atoms with Crippen molar-refractivity contribution in [3.8, 4) is 11.1 Å². The van der Waals surface area contributed by atoms with Crippen LogP contribution in [0.5, 0.6) is 0 Å². The Balaban J connectivity index is 1.50. The van der Waals surface area contributed by atoms with Gasteiger partial charge < -0.3 is 10.6 Å². The summed E-state index contributed by atoms with van der Waals surface area (Å²) in [5.74, 6) is 0.850. The van der Waals surface area contributed by atoms with E-state index in [4.69, 9.17) is 0 Å². The van der Waals surface area contributed by atoms with E-state index in [9.17, 15) is 4.79 Å². The molecule has 1 atom stereocenters. The lowest BCUT2D eigenvalue weighted by molar-refractivity contribution is -0.122. The largest absolute Gasteiger partial charge is 0.350 e.